The summed E-state index contributed by atoms with van der Waals surface area (Å²) in [7, 11) is 0. The molecule has 2 rings (SSSR count). The van der Waals surface area contributed by atoms with Gasteiger partial charge in [-0.05, 0) is 34.5 Å². The smallest absolute Gasteiger partial charge is 0.250 e. The van der Waals surface area contributed by atoms with Crippen molar-refractivity contribution in [2.24, 2.45) is 0 Å². The second-order valence-corrected chi connectivity index (χ2v) is 3.15. The largest absolute Gasteiger partial charge is 0.293 e. The molecule has 2 N–H and O–H groups in total. The van der Waals surface area contributed by atoms with Crippen molar-refractivity contribution in [3.8, 4) is 0 Å². The highest BCUT2D eigenvalue weighted by molar-refractivity contribution is 8.00. The van der Waals surface area contributed by atoms with Gasteiger partial charge < -0.3 is 0 Å². The van der Waals surface area contributed by atoms with Gasteiger partial charge >= 0.3 is 0 Å². The summed E-state index contributed by atoms with van der Waals surface area (Å²) >= 11 is 1.45. The van der Waals surface area contributed by atoms with E-state index in [1.807, 2.05) is 30.3 Å². The fourth-order valence-electron chi connectivity index (χ4n) is 0.798. The van der Waals surface area contributed by atoms with Gasteiger partial charge in [-0.1, -0.05) is 23.3 Å². The Kier molecular flexibility index (Phi) is 2.42. The van der Waals surface area contributed by atoms with Crippen molar-refractivity contribution in [3.63, 3.8) is 0 Å². The van der Waals surface area contributed by atoms with Crippen LogP contribution in [0.3, 0.4) is 0 Å². The predicted molar refractivity (Wildman–Crippen MR) is 50.1 cm³/mol. The lowest BCUT2D eigenvalue weighted by Gasteiger charge is -1.98. The third-order valence-electron chi connectivity index (χ3n) is 1.35. The first kappa shape index (κ1) is 8.06. The number of anilines is 1. The Balaban J connectivity index is 1.94. The highest BCUT2D eigenvalue weighted by Crippen LogP contribution is 2.16. The molecule has 0 bridgehead atoms. The van der Waals surface area contributed by atoms with Gasteiger partial charge in [0.2, 0.25) is 0 Å². The highest BCUT2D eigenvalue weighted by Gasteiger charge is 1.95. The molecule has 0 atom stereocenters. The summed E-state index contributed by atoms with van der Waals surface area (Å²) in [5.41, 5.74) is 0. The van der Waals surface area contributed by atoms with E-state index in [2.05, 4.69) is 25.3 Å². The van der Waals surface area contributed by atoms with Crippen LogP contribution >= 0.6 is 11.9 Å². The summed E-state index contributed by atoms with van der Waals surface area (Å²) in [5, 5.41) is 13.2. The van der Waals surface area contributed by atoms with Gasteiger partial charge in [-0.25, -0.2) is 5.10 Å². The second kappa shape index (κ2) is 3.90. The lowest BCUT2D eigenvalue weighted by atomic mass is 10.4. The minimum absolute atomic E-state index is 0.550. The fourth-order valence-corrected chi connectivity index (χ4v) is 1.39. The molecule has 0 fully saturated rings. The van der Waals surface area contributed by atoms with Gasteiger partial charge in [0.1, 0.15) is 0 Å². The quantitative estimate of drug-likeness (QED) is 0.719. The Morgan fingerprint density at radius 3 is 2.77 bits per heavy atom. The molecule has 0 saturated carbocycles. The third kappa shape index (κ3) is 2.19. The van der Waals surface area contributed by atoms with Crippen LogP contribution in [0.4, 0.5) is 5.95 Å². The van der Waals surface area contributed by atoms with Crippen molar-refractivity contribution in [2.45, 2.75) is 4.90 Å². The van der Waals surface area contributed by atoms with Crippen molar-refractivity contribution >= 4 is 17.9 Å². The zero-order valence-electron chi connectivity index (χ0n) is 6.64. The number of aromatic nitrogens is 4. The molecule has 0 unspecified atom stereocenters. The van der Waals surface area contributed by atoms with Crippen LogP contribution in [-0.2, 0) is 0 Å². The molecule has 13 heavy (non-hydrogen) atoms. The molecule has 6 heteroatoms. The van der Waals surface area contributed by atoms with Crippen LogP contribution in [0.1, 0.15) is 0 Å². The van der Waals surface area contributed by atoms with E-state index in [0.717, 1.165) is 4.90 Å². The molecule has 1 aromatic carbocycles. The van der Waals surface area contributed by atoms with E-state index in [9.17, 15) is 0 Å². The molecule has 1 aromatic heterocycles. The first-order valence-electron chi connectivity index (χ1n) is 3.67. The summed E-state index contributed by atoms with van der Waals surface area (Å²) in [5.74, 6) is 0.550. The highest BCUT2D eigenvalue weighted by atomic mass is 32.2. The fraction of sp³-hybridized carbons (Fsp3) is 0. The molecule has 66 valence electrons. The van der Waals surface area contributed by atoms with Crippen LogP contribution in [-0.4, -0.2) is 20.6 Å². The number of nitrogens with zero attached hydrogens (tertiary/aromatic N) is 3. The lowest BCUT2D eigenvalue weighted by Crippen LogP contribution is -1.88. The standard InChI is InChI=1S/C7H7N5S/c1-2-4-6(5-3-1)13-10-7-8-11-12-9-7/h1-5H,(H2,8,9,10,11,12). The SMILES string of the molecule is c1ccc(SNc2nnn[nH]2)cc1. The molecule has 2 aromatic rings. The molecule has 0 aliphatic heterocycles. The first-order chi connectivity index (χ1) is 6.45. The van der Waals surface area contributed by atoms with Gasteiger partial charge in [0.05, 0.1) is 0 Å². The summed E-state index contributed by atoms with van der Waals surface area (Å²) in [6, 6.07) is 9.92. The molecule has 0 saturated heterocycles. The number of H-pyrrole nitrogens is 1. The summed E-state index contributed by atoms with van der Waals surface area (Å²) < 4.78 is 2.97. The molecule has 0 amide bonds. The number of aromatic amines is 1. The van der Waals surface area contributed by atoms with Crippen LogP contribution in [0.25, 0.3) is 0 Å². The van der Waals surface area contributed by atoms with Crippen LogP contribution in [0.5, 0.6) is 0 Å². The van der Waals surface area contributed by atoms with Crippen LogP contribution < -0.4 is 4.72 Å². The monoisotopic (exact) mass is 193 g/mol. The van der Waals surface area contributed by atoms with Gasteiger partial charge in [0.25, 0.3) is 5.95 Å². The van der Waals surface area contributed by atoms with Crippen molar-refractivity contribution in [3.05, 3.63) is 30.3 Å². The van der Waals surface area contributed by atoms with E-state index < -0.39 is 0 Å². The Morgan fingerprint density at radius 2 is 2.08 bits per heavy atom. The molecular weight excluding hydrogens is 186 g/mol. The maximum Gasteiger partial charge on any atom is 0.250 e. The number of tetrazole rings is 1. The van der Waals surface area contributed by atoms with Gasteiger partial charge in [-0.2, -0.15) is 0 Å². The minimum Gasteiger partial charge on any atom is -0.293 e. The third-order valence-corrected chi connectivity index (χ3v) is 2.16. The van der Waals surface area contributed by atoms with Gasteiger partial charge in [-0.3, -0.25) is 4.72 Å². The molecule has 0 radical (unpaired) electrons. The van der Waals surface area contributed by atoms with Gasteiger partial charge in [0, 0.05) is 4.90 Å². The molecule has 0 aliphatic carbocycles. The predicted octanol–water partition coefficient (Wildman–Crippen LogP) is 1.32. The summed E-state index contributed by atoms with van der Waals surface area (Å²) in [6.45, 7) is 0. The zero-order chi connectivity index (χ0) is 8.93. The maximum atomic E-state index is 3.68. The average Bonchev–Trinajstić information content (AvgIpc) is 2.69. The zero-order valence-corrected chi connectivity index (χ0v) is 7.45. The van der Waals surface area contributed by atoms with Crippen molar-refractivity contribution in [1.82, 2.24) is 20.6 Å². The van der Waals surface area contributed by atoms with Crippen LogP contribution in [0.15, 0.2) is 35.2 Å². The van der Waals surface area contributed by atoms with Gasteiger partial charge in [0.15, 0.2) is 0 Å². The molecule has 0 aliphatic rings. The topological polar surface area (TPSA) is 66.5 Å². The van der Waals surface area contributed by atoms with Crippen molar-refractivity contribution < 1.29 is 0 Å². The van der Waals surface area contributed by atoms with Crippen LogP contribution in [0, 0.1) is 0 Å². The van der Waals surface area contributed by atoms with Gasteiger partial charge in [-0.15, -0.1) is 0 Å². The number of hydrogen-bond donors (Lipinski definition) is 2. The van der Waals surface area contributed by atoms with E-state index in [1.165, 1.54) is 11.9 Å². The molecular formula is C7H7N5S. The lowest BCUT2D eigenvalue weighted by molar-refractivity contribution is 0.881. The molecule has 0 spiro atoms. The average molecular weight is 193 g/mol. The number of rotatable bonds is 3. The van der Waals surface area contributed by atoms with Crippen molar-refractivity contribution in [1.29, 1.82) is 0 Å². The van der Waals surface area contributed by atoms with Crippen LogP contribution in [0.2, 0.25) is 0 Å². The van der Waals surface area contributed by atoms with E-state index in [-0.39, 0.29) is 0 Å². The summed E-state index contributed by atoms with van der Waals surface area (Å²) in [6.07, 6.45) is 0. The Hall–Kier alpha value is -1.56. The summed E-state index contributed by atoms with van der Waals surface area (Å²) in [4.78, 5) is 1.11. The Labute approximate surface area is 79.1 Å². The normalized spacial score (nSPS) is 9.85. The molecule has 5 nitrogen and oxygen atoms in total. The van der Waals surface area contributed by atoms with E-state index in [1.54, 1.807) is 0 Å². The van der Waals surface area contributed by atoms with E-state index in [4.69, 9.17) is 0 Å². The van der Waals surface area contributed by atoms with E-state index in [0.29, 0.717) is 5.95 Å². The second-order valence-electron chi connectivity index (χ2n) is 2.27. The number of benzene rings is 1. The number of hydrogen-bond acceptors (Lipinski definition) is 5. The number of nitrogens with one attached hydrogen (secondary N) is 2. The van der Waals surface area contributed by atoms with E-state index >= 15 is 0 Å². The molecule has 1 heterocycles. The first-order valence-corrected chi connectivity index (χ1v) is 4.48. The maximum absolute atomic E-state index is 3.68. The Bertz CT molecular complexity index is 346. The van der Waals surface area contributed by atoms with Crippen molar-refractivity contribution in [2.75, 3.05) is 4.72 Å². The minimum atomic E-state index is 0.550. The Morgan fingerprint density at radius 1 is 1.23 bits per heavy atom.